The number of benzene rings is 2. The van der Waals surface area contributed by atoms with Gasteiger partial charge in [0.1, 0.15) is 23.4 Å². The third-order valence-electron chi connectivity index (χ3n) is 3.68. The van der Waals surface area contributed by atoms with Gasteiger partial charge in [-0.25, -0.2) is 0 Å². The summed E-state index contributed by atoms with van der Waals surface area (Å²) >= 11 is 6.78. The first-order valence-corrected chi connectivity index (χ1v) is 12.1. The topological polar surface area (TPSA) is 99.9 Å². The molecule has 2 aromatic carbocycles. The van der Waals surface area contributed by atoms with Crippen molar-refractivity contribution in [3.05, 3.63) is 55.5 Å². The zero-order valence-corrected chi connectivity index (χ0v) is 20.1. The Kier molecular flexibility index (Phi) is 8.66. The normalized spacial score (nSPS) is 14.1. The SMILES string of the molecule is CCOP(=O)(CC)OC(C)Nc1cc(Oc2ccc(Br)cc2Br)ccc1[N+](=O)[O-]. The lowest BCUT2D eigenvalue weighted by Gasteiger charge is -2.22. The van der Waals surface area contributed by atoms with Crippen LogP contribution in [-0.4, -0.2) is 23.9 Å². The minimum absolute atomic E-state index is 0.162. The molecule has 0 spiro atoms. The van der Waals surface area contributed by atoms with Crippen LogP contribution in [0, 0.1) is 10.1 Å². The number of nitrogens with zero attached hydrogens (tertiary/aromatic N) is 1. The predicted octanol–water partition coefficient (Wildman–Crippen LogP) is 6.94. The van der Waals surface area contributed by atoms with E-state index in [1.165, 1.54) is 18.2 Å². The molecule has 1 N–H and O–H groups in total. The summed E-state index contributed by atoms with van der Waals surface area (Å²) in [6.07, 6.45) is -0.601. The maximum atomic E-state index is 12.5. The summed E-state index contributed by atoms with van der Waals surface area (Å²) in [6.45, 7) is 5.25. The lowest BCUT2D eigenvalue weighted by molar-refractivity contribution is -0.384. The van der Waals surface area contributed by atoms with Gasteiger partial charge in [-0.15, -0.1) is 0 Å². The van der Waals surface area contributed by atoms with Crippen molar-refractivity contribution in [3.63, 3.8) is 0 Å². The molecule has 2 atom stereocenters. The molecule has 0 fully saturated rings. The molecule has 2 aromatic rings. The molecule has 8 nitrogen and oxygen atoms in total. The average molecular weight is 552 g/mol. The molecule has 11 heteroatoms. The van der Waals surface area contributed by atoms with E-state index in [0.717, 1.165) is 8.95 Å². The first-order chi connectivity index (χ1) is 13.7. The van der Waals surface area contributed by atoms with E-state index in [4.69, 9.17) is 13.8 Å². The van der Waals surface area contributed by atoms with Gasteiger partial charge in [0.25, 0.3) is 5.69 Å². The smallest absolute Gasteiger partial charge is 0.332 e. The van der Waals surface area contributed by atoms with Crippen LogP contribution in [0.5, 0.6) is 11.5 Å². The van der Waals surface area contributed by atoms with Crippen LogP contribution in [0.1, 0.15) is 20.8 Å². The van der Waals surface area contributed by atoms with E-state index in [0.29, 0.717) is 11.5 Å². The van der Waals surface area contributed by atoms with Crippen LogP contribution in [0.2, 0.25) is 0 Å². The minimum atomic E-state index is -3.28. The molecule has 0 aromatic heterocycles. The number of nitro groups is 1. The molecule has 0 radical (unpaired) electrons. The second-order valence-electron chi connectivity index (χ2n) is 5.85. The Morgan fingerprint density at radius 2 is 1.93 bits per heavy atom. The van der Waals surface area contributed by atoms with Crippen molar-refractivity contribution in [2.45, 2.75) is 27.0 Å². The predicted molar refractivity (Wildman–Crippen MR) is 119 cm³/mol. The van der Waals surface area contributed by atoms with Gasteiger partial charge in [-0.3, -0.25) is 19.2 Å². The zero-order chi connectivity index (χ0) is 21.6. The third-order valence-corrected chi connectivity index (χ3v) is 6.85. The van der Waals surface area contributed by atoms with Crippen molar-refractivity contribution in [2.24, 2.45) is 0 Å². The van der Waals surface area contributed by atoms with E-state index in [-0.39, 0.29) is 24.1 Å². The molecule has 0 aliphatic carbocycles. The molecule has 0 amide bonds. The van der Waals surface area contributed by atoms with Gasteiger partial charge in [0.05, 0.1) is 16.0 Å². The van der Waals surface area contributed by atoms with Crippen molar-refractivity contribution in [2.75, 3.05) is 18.1 Å². The second-order valence-corrected chi connectivity index (χ2v) is 9.94. The lowest BCUT2D eigenvalue weighted by atomic mass is 10.2. The molecule has 0 aliphatic heterocycles. The van der Waals surface area contributed by atoms with Gasteiger partial charge < -0.3 is 14.6 Å². The van der Waals surface area contributed by atoms with Crippen LogP contribution in [0.3, 0.4) is 0 Å². The molecule has 0 bridgehead atoms. The molecule has 0 heterocycles. The van der Waals surface area contributed by atoms with Crippen LogP contribution in [0.4, 0.5) is 11.4 Å². The van der Waals surface area contributed by atoms with Crippen LogP contribution in [-0.2, 0) is 13.6 Å². The summed E-state index contributed by atoms with van der Waals surface area (Å²) in [4.78, 5) is 10.9. The monoisotopic (exact) mass is 550 g/mol. The fraction of sp³-hybridized carbons (Fsp3) is 0.333. The molecule has 2 rings (SSSR count). The van der Waals surface area contributed by atoms with Crippen molar-refractivity contribution in [1.29, 1.82) is 0 Å². The fourth-order valence-corrected chi connectivity index (χ4v) is 4.87. The standard InChI is InChI=1S/C18H21Br2N2O6P/c1-4-26-29(25,5-2)28-12(3)21-16-11-14(7-8-17(16)22(23)24)27-18-9-6-13(19)10-15(18)20/h6-12,21H,4-5H2,1-3H3. The van der Waals surface area contributed by atoms with E-state index in [1.54, 1.807) is 26.8 Å². The Bertz CT molecular complexity index is 927. The lowest BCUT2D eigenvalue weighted by Crippen LogP contribution is -2.20. The Morgan fingerprint density at radius 1 is 1.21 bits per heavy atom. The van der Waals surface area contributed by atoms with Gasteiger partial charge in [-0.05, 0) is 54.0 Å². The highest BCUT2D eigenvalue weighted by atomic mass is 79.9. The van der Waals surface area contributed by atoms with Crippen molar-refractivity contribution in [1.82, 2.24) is 0 Å². The van der Waals surface area contributed by atoms with Crippen LogP contribution in [0.25, 0.3) is 0 Å². The Balaban J connectivity index is 2.26. The summed E-state index contributed by atoms with van der Waals surface area (Å²) in [6, 6.07) is 9.72. The molecule has 29 heavy (non-hydrogen) atoms. The van der Waals surface area contributed by atoms with Gasteiger partial charge in [0.15, 0.2) is 0 Å². The number of anilines is 1. The van der Waals surface area contributed by atoms with Gasteiger partial charge in [-0.1, -0.05) is 22.9 Å². The second kappa shape index (κ2) is 10.5. The number of ether oxygens (including phenoxy) is 1. The van der Waals surface area contributed by atoms with E-state index >= 15 is 0 Å². The number of nitrogens with one attached hydrogen (secondary N) is 1. The molecule has 2 unspecified atom stereocenters. The highest BCUT2D eigenvalue weighted by molar-refractivity contribution is 9.11. The van der Waals surface area contributed by atoms with Gasteiger partial charge in [-0.2, -0.15) is 0 Å². The molecule has 158 valence electrons. The molecular formula is C18H21Br2N2O6P. The Labute approximate surface area is 185 Å². The fourth-order valence-electron chi connectivity index (χ4n) is 2.42. The van der Waals surface area contributed by atoms with Crippen molar-refractivity contribution in [3.8, 4) is 11.5 Å². The minimum Gasteiger partial charge on any atom is -0.456 e. The zero-order valence-electron chi connectivity index (χ0n) is 16.1. The summed E-state index contributed by atoms with van der Waals surface area (Å²) in [7, 11) is -3.28. The summed E-state index contributed by atoms with van der Waals surface area (Å²) in [5.41, 5.74) is 0.0119. The molecular weight excluding hydrogens is 531 g/mol. The molecule has 0 saturated carbocycles. The van der Waals surface area contributed by atoms with E-state index < -0.39 is 18.7 Å². The number of nitro benzene ring substituents is 1. The number of hydrogen-bond donors (Lipinski definition) is 1. The maximum absolute atomic E-state index is 12.5. The van der Waals surface area contributed by atoms with Crippen molar-refractivity contribution < 1.29 is 23.3 Å². The Hall–Kier alpha value is -1.45. The quantitative estimate of drug-likeness (QED) is 0.148. The maximum Gasteiger partial charge on any atom is 0.332 e. The summed E-state index contributed by atoms with van der Waals surface area (Å²) < 4.78 is 30.7. The van der Waals surface area contributed by atoms with Crippen LogP contribution in [0.15, 0.2) is 45.3 Å². The number of rotatable bonds is 10. The highest BCUT2D eigenvalue weighted by Crippen LogP contribution is 2.49. The van der Waals surface area contributed by atoms with Crippen molar-refractivity contribution >= 4 is 50.8 Å². The third kappa shape index (κ3) is 6.79. The highest BCUT2D eigenvalue weighted by Gasteiger charge is 2.26. The van der Waals surface area contributed by atoms with Crippen LogP contribution >= 0.6 is 39.5 Å². The number of halogens is 2. The van der Waals surface area contributed by atoms with E-state index in [1.807, 2.05) is 12.1 Å². The largest absolute Gasteiger partial charge is 0.456 e. The summed E-state index contributed by atoms with van der Waals surface area (Å²) in [5.74, 6) is 0.931. The average Bonchev–Trinajstić information content (AvgIpc) is 2.64. The first kappa shape index (κ1) is 23.8. The van der Waals surface area contributed by atoms with Gasteiger partial charge in [0.2, 0.25) is 0 Å². The van der Waals surface area contributed by atoms with Gasteiger partial charge in [0, 0.05) is 22.8 Å². The summed E-state index contributed by atoms with van der Waals surface area (Å²) in [5, 5.41) is 14.3. The van der Waals surface area contributed by atoms with E-state index in [9.17, 15) is 14.7 Å². The number of hydrogen-bond acceptors (Lipinski definition) is 7. The molecule has 0 aliphatic rings. The van der Waals surface area contributed by atoms with E-state index in [2.05, 4.69) is 37.2 Å². The Morgan fingerprint density at radius 3 is 2.52 bits per heavy atom. The first-order valence-electron chi connectivity index (χ1n) is 8.77. The molecule has 0 saturated heterocycles. The van der Waals surface area contributed by atoms with Crippen LogP contribution < -0.4 is 10.1 Å². The van der Waals surface area contributed by atoms with Gasteiger partial charge >= 0.3 is 7.60 Å².